The molecule has 0 aromatic heterocycles. The Morgan fingerprint density at radius 3 is 2.10 bits per heavy atom. The smallest absolute Gasteiger partial charge is 0.203 e. The third kappa shape index (κ3) is 4.90. The van der Waals surface area contributed by atoms with E-state index in [-0.39, 0.29) is 12.4 Å². The predicted octanol–water partition coefficient (Wildman–Crippen LogP) is 0.976. The molecule has 6 nitrogen and oxygen atoms in total. The molecule has 0 saturated carbocycles. The van der Waals surface area contributed by atoms with Crippen molar-refractivity contribution in [1.82, 2.24) is 0 Å². The molecule has 0 fully saturated rings. The van der Waals surface area contributed by atoms with Gasteiger partial charge < -0.3 is 19.9 Å². The summed E-state index contributed by atoms with van der Waals surface area (Å²) in [6, 6.07) is 3.54. The van der Waals surface area contributed by atoms with Crippen molar-refractivity contribution in [3.05, 3.63) is 17.7 Å². The van der Waals surface area contributed by atoms with E-state index in [4.69, 9.17) is 19.9 Å². The van der Waals surface area contributed by atoms with Crippen LogP contribution in [-0.2, 0) is 16.4 Å². The van der Waals surface area contributed by atoms with Crippen molar-refractivity contribution in [2.24, 2.45) is 5.73 Å². The summed E-state index contributed by atoms with van der Waals surface area (Å²) < 4.78 is 38.2. The van der Waals surface area contributed by atoms with Crippen LogP contribution in [0.5, 0.6) is 17.2 Å². The number of sulfone groups is 1. The minimum atomic E-state index is -2.98. The Morgan fingerprint density at radius 1 is 1.15 bits per heavy atom. The van der Waals surface area contributed by atoms with Crippen LogP contribution in [-0.4, -0.2) is 41.3 Å². The van der Waals surface area contributed by atoms with Crippen molar-refractivity contribution >= 4 is 9.84 Å². The van der Waals surface area contributed by atoms with E-state index in [1.807, 2.05) is 0 Å². The van der Waals surface area contributed by atoms with Gasteiger partial charge in [0.15, 0.2) is 11.5 Å². The Kier molecular flexibility index (Phi) is 6.09. The maximum Gasteiger partial charge on any atom is 0.203 e. The standard InChI is InChI=1S/C13H21NO5S/c1-17-11-7-10(9-14)8-12(18-2)13(11)19-5-4-6-20(3,15)16/h7-8H,4-6,9,14H2,1-3H3. The summed E-state index contributed by atoms with van der Waals surface area (Å²) in [5.74, 6) is 1.58. The average molecular weight is 303 g/mol. The third-order valence-electron chi connectivity index (χ3n) is 2.66. The fourth-order valence-corrected chi connectivity index (χ4v) is 2.33. The molecule has 0 radical (unpaired) electrons. The second kappa shape index (κ2) is 7.35. The summed E-state index contributed by atoms with van der Waals surface area (Å²) in [5.41, 5.74) is 6.46. The summed E-state index contributed by atoms with van der Waals surface area (Å²) in [6.45, 7) is 0.628. The van der Waals surface area contributed by atoms with Gasteiger partial charge in [0.1, 0.15) is 9.84 Å². The first kappa shape index (κ1) is 16.6. The normalized spacial score (nSPS) is 11.2. The first-order valence-corrected chi connectivity index (χ1v) is 8.22. The van der Waals surface area contributed by atoms with Crippen molar-refractivity contribution in [3.8, 4) is 17.2 Å². The Hall–Kier alpha value is -1.47. The van der Waals surface area contributed by atoms with Gasteiger partial charge in [0.05, 0.1) is 26.6 Å². The highest BCUT2D eigenvalue weighted by Crippen LogP contribution is 2.38. The van der Waals surface area contributed by atoms with Gasteiger partial charge in [0.2, 0.25) is 5.75 Å². The van der Waals surface area contributed by atoms with Gasteiger partial charge in [0, 0.05) is 12.8 Å². The largest absolute Gasteiger partial charge is 0.493 e. The van der Waals surface area contributed by atoms with Gasteiger partial charge in [-0.25, -0.2) is 8.42 Å². The molecule has 20 heavy (non-hydrogen) atoms. The monoisotopic (exact) mass is 303 g/mol. The van der Waals surface area contributed by atoms with E-state index in [1.54, 1.807) is 12.1 Å². The fourth-order valence-electron chi connectivity index (χ4n) is 1.69. The van der Waals surface area contributed by atoms with Gasteiger partial charge >= 0.3 is 0 Å². The van der Waals surface area contributed by atoms with E-state index >= 15 is 0 Å². The van der Waals surface area contributed by atoms with Crippen LogP contribution in [0.15, 0.2) is 12.1 Å². The number of hydrogen-bond acceptors (Lipinski definition) is 6. The van der Waals surface area contributed by atoms with Crippen LogP contribution < -0.4 is 19.9 Å². The number of ether oxygens (including phenoxy) is 3. The van der Waals surface area contributed by atoms with Gasteiger partial charge in [-0.15, -0.1) is 0 Å². The summed E-state index contributed by atoms with van der Waals surface area (Å²) >= 11 is 0. The molecule has 114 valence electrons. The van der Waals surface area contributed by atoms with Crippen molar-refractivity contribution in [3.63, 3.8) is 0 Å². The summed E-state index contributed by atoms with van der Waals surface area (Å²) in [7, 11) is 0.0728. The van der Waals surface area contributed by atoms with E-state index in [9.17, 15) is 8.42 Å². The van der Waals surface area contributed by atoms with E-state index in [2.05, 4.69) is 0 Å². The molecule has 0 amide bonds. The van der Waals surface area contributed by atoms with Crippen LogP contribution >= 0.6 is 0 Å². The number of benzene rings is 1. The van der Waals surface area contributed by atoms with Crippen molar-refractivity contribution in [2.45, 2.75) is 13.0 Å². The first-order valence-electron chi connectivity index (χ1n) is 6.16. The van der Waals surface area contributed by atoms with Crippen molar-refractivity contribution in [1.29, 1.82) is 0 Å². The third-order valence-corrected chi connectivity index (χ3v) is 3.69. The van der Waals surface area contributed by atoms with E-state index in [0.717, 1.165) is 5.56 Å². The van der Waals surface area contributed by atoms with Gasteiger partial charge in [0.25, 0.3) is 0 Å². The van der Waals surface area contributed by atoms with Gasteiger partial charge in [-0.2, -0.15) is 0 Å². The molecule has 0 aliphatic carbocycles. The Bertz CT molecular complexity index is 517. The summed E-state index contributed by atoms with van der Waals surface area (Å²) in [5, 5.41) is 0. The zero-order chi connectivity index (χ0) is 15.2. The topological polar surface area (TPSA) is 87.8 Å². The molecule has 0 heterocycles. The molecule has 2 N–H and O–H groups in total. The molecule has 0 spiro atoms. The van der Waals surface area contributed by atoms with Gasteiger partial charge in [-0.1, -0.05) is 0 Å². The molecule has 0 atom stereocenters. The van der Waals surface area contributed by atoms with Crippen LogP contribution in [0.3, 0.4) is 0 Å². The second-order valence-electron chi connectivity index (χ2n) is 4.37. The second-order valence-corrected chi connectivity index (χ2v) is 6.63. The molecule has 0 aliphatic heterocycles. The van der Waals surface area contributed by atoms with Crippen LogP contribution in [0.4, 0.5) is 0 Å². The van der Waals surface area contributed by atoms with E-state index in [0.29, 0.717) is 30.2 Å². The zero-order valence-corrected chi connectivity index (χ0v) is 12.8. The number of rotatable bonds is 8. The minimum Gasteiger partial charge on any atom is -0.493 e. The number of nitrogens with two attached hydrogens (primary N) is 1. The first-order chi connectivity index (χ1) is 9.41. The fraction of sp³-hybridized carbons (Fsp3) is 0.538. The highest BCUT2D eigenvalue weighted by molar-refractivity contribution is 7.90. The molecule has 7 heteroatoms. The SMILES string of the molecule is COc1cc(CN)cc(OC)c1OCCCS(C)(=O)=O. The Labute approximate surface area is 119 Å². The molecular weight excluding hydrogens is 282 g/mol. The predicted molar refractivity (Wildman–Crippen MR) is 77.3 cm³/mol. The molecular formula is C13H21NO5S. The lowest BCUT2D eigenvalue weighted by Crippen LogP contribution is -2.09. The van der Waals surface area contributed by atoms with Gasteiger partial charge in [-0.3, -0.25) is 0 Å². The number of methoxy groups -OCH3 is 2. The van der Waals surface area contributed by atoms with Crippen molar-refractivity contribution < 1.29 is 22.6 Å². The Morgan fingerprint density at radius 2 is 1.70 bits per heavy atom. The number of hydrogen-bond donors (Lipinski definition) is 1. The minimum absolute atomic E-state index is 0.0819. The molecule has 0 bridgehead atoms. The Balaban J connectivity index is 2.82. The summed E-state index contributed by atoms with van der Waals surface area (Å²) in [6.07, 6.45) is 1.61. The zero-order valence-electron chi connectivity index (χ0n) is 12.0. The molecule has 1 aromatic carbocycles. The quantitative estimate of drug-likeness (QED) is 0.720. The summed E-state index contributed by atoms with van der Waals surface area (Å²) in [4.78, 5) is 0. The van der Waals surface area contributed by atoms with Crippen molar-refractivity contribution in [2.75, 3.05) is 32.8 Å². The lowest BCUT2D eigenvalue weighted by atomic mass is 10.2. The van der Waals surface area contributed by atoms with E-state index < -0.39 is 9.84 Å². The average Bonchev–Trinajstić information content (AvgIpc) is 2.41. The highest BCUT2D eigenvalue weighted by atomic mass is 32.2. The lowest BCUT2D eigenvalue weighted by Gasteiger charge is -2.15. The van der Waals surface area contributed by atoms with Crippen LogP contribution in [0.25, 0.3) is 0 Å². The molecule has 1 aromatic rings. The van der Waals surface area contributed by atoms with Gasteiger partial charge in [-0.05, 0) is 24.1 Å². The van der Waals surface area contributed by atoms with Crippen LogP contribution in [0.1, 0.15) is 12.0 Å². The molecule has 1 rings (SSSR count). The maximum absolute atomic E-state index is 11.1. The lowest BCUT2D eigenvalue weighted by molar-refractivity contribution is 0.275. The van der Waals surface area contributed by atoms with Crippen LogP contribution in [0.2, 0.25) is 0 Å². The van der Waals surface area contributed by atoms with Crippen LogP contribution in [0, 0.1) is 0 Å². The highest BCUT2D eigenvalue weighted by Gasteiger charge is 2.14. The molecule has 0 saturated heterocycles. The molecule has 0 unspecified atom stereocenters. The molecule has 0 aliphatic rings. The van der Waals surface area contributed by atoms with E-state index in [1.165, 1.54) is 20.5 Å². The maximum atomic E-state index is 11.1.